The van der Waals surface area contributed by atoms with Gasteiger partial charge in [-0.05, 0) is 48.1 Å². The molecule has 0 radical (unpaired) electrons. The van der Waals surface area contributed by atoms with E-state index in [4.69, 9.17) is 0 Å². The molecule has 0 amide bonds. The van der Waals surface area contributed by atoms with Crippen LogP contribution in [0.1, 0.15) is 31.9 Å². The van der Waals surface area contributed by atoms with Gasteiger partial charge in [-0.25, -0.2) is 0 Å². The highest BCUT2D eigenvalue weighted by Gasteiger charge is 2.21. The van der Waals surface area contributed by atoms with E-state index < -0.39 is 0 Å². The fourth-order valence-electron chi connectivity index (χ4n) is 3.20. The molecule has 1 atom stereocenters. The van der Waals surface area contributed by atoms with Gasteiger partial charge in [-0.3, -0.25) is 4.99 Å². The van der Waals surface area contributed by atoms with Gasteiger partial charge < -0.3 is 0 Å². The molecule has 1 heteroatoms. The number of benzene rings is 1. The maximum atomic E-state index is 4.57. The Balaban J connectivity index is 2.21. The topological polar surface area (TPSA) is 12.4 Å². The summed E-state index contributed by atoms with van der Waals surface area (Å²) in [6, 6.07) is 8.76. The van der Waals surface area contributed by atoms with Crippen LogP contribution >= 0.6 is 0 Å². The minimum absolute atomic E-state index is 0.295. The Bertz CT molecular complexity index is 733. The van der Waals surface area contributed by atoms with Gasteiger partial charge in [0.2, 0.25) is 0 Å². The van der Waals surface area contributed by atoms with Gasteiger partial charge in [-0.15, -0.1) is 5.73 Å². The molecular formula is C23H27N. The summed E-state index contributed by atoms with van der Waals surface area (Å²) < 4.78 is 0. The highest BCUT2D eigenvalue weighted by atomic mass is 14.7. The van der Waals surface area contributed by atoms with E-state index in [2.05, 4.69) is 74.5 Å². The molecule has 0 N–H and O–H groups in total. The quantitative estimate of drug-likeness (QED) is 0.362. The van der Waals surface area contributed by atoms with Crippen molar-refractivity contribution in [2.24, 2.45) is 16.8 Å². The third-order valence-corrected chi connectivity index (χ3v) is 4.27. The lowest BCUT2D eigenvalue weighted by Gasteiger charge is -2.23. The molecule has 124 valence electrons. The average Bonchev–Trinajstić information content (AvgIpc) is 2.81. The van der Waals surface area contributed by atoms with E-state index in [9.17, 15) is 0 Å². The highest BCUT2D eigenvalue weighted by Crippen LogP contribution is 2.25. The van der Waals surface area contributed by atoms with Gasteiger partial charge in [0, 0.05) is 18.7 Å². The molecule has 0 spiro atoms. The van der Waals surface area contributed by atoms with Crippen LogP contribution in [0.4, 0.5) is 0 Å². The lowest BCUT2D eigenvalue weighted by Crippen LogP contribution is -2.22. The summed E-state index contributed by atoms with van der Waals surface area (Å²) in [6.45, 7) is 10.7. The van der Waals surface area contributed by atoms with Crippen LogP contribution in [-0.4, -0.2) is 12.8 Å². The number of nitrogens with zero attached hydrogens (tertiary/aromatic N) is 1. The van der Waals surface area contributed by atoms with Crippen molar-refractivity contribution in [1.82, 2.24) is 0 Å². The van der Waals surface area contributed by atoms with Crippen LogP contribution in [-0.2, 0) is 6.42 Å². The summed E-state index contributed by atoms with van der Waals surface area (Å²) in [5.74, 6) is 0.782. The molecule has 1 unspecified atom stereocenters. The smallest absolute Gasteiger partial charge is 0.0490 e. The Hall–Kier alpha value is -2.37. The Labute approximate surface area is 146 Å². The summed E-state index contributed by atoms with van der Waals surface area (Å²) in [7, 11) is 1.88. The Kier molecular flexibility index (Phi) is 6.35. The minimum Gasteiger partial charge on any atom is -0.292 e. The van der Waals surface area contributed by atoms with Crippen LogP contribution in [0.15, 0.2) is 83.1 Å². The zero-order valence-corrected chi connectivity index (χ0v) is 15.2. The van der Waals surface area contributed by atoms with Gasteiger partial charge in [-0.2, -0.15) is 0 Å². The van der Waals surface area contributed by atoms with Gasteiger partial charge in [0.25, 0.3) is 0 Å². The van der Waals surface area contributed by atoms with E-state index in [1.165, 1.54) is 22.3 Å². The fourth-order valence-corrected chi connectivity index (χ4v) is 3.20. The number of hydrogen-bond donors (Lipinski definition) is 0. The summed E-state index contributed by atoms with van der Waals surface area (Å²) >= 11 is 0. The SMILES string of the molecule is C=C(C)C(C(=NC)c1ccc(CC2=CC=CC=C=C2)cc1)C(C)C. The standard InChI is InChI=1S/C23H27N/c1-17(2)22(18(3)4)23(24-5)21-14-12-20(13-15-21)16-19-10-8-6-7-9-11-19/h6-8,10-15,18,22H,1,16H2,2-5H3. The van der Waals surface area contributed by atoms with Crippen LogP contribution in [0.3, 0.4) is 0 Å². The van der Waals surface area contributed by atoms with Crippen molar-refractivity contribution < 1.29 is 0 Å². The molecule has 0 aliphatic heterocycles. The molecule has 0 heterocycles. The molecular weight excluding hydrogens is 290 g/mol. The monoisotopic (exact) mass is 317 g/mol. The molecule has 2 rings (SSSR count). The molecule has 1 nitrogen and oxygen atoms in total. The molecule has 1 aromatic carbocycles. The molecule has 24 heavy (non-hydrogen) atoms. The van der Waals surface area contributed by atoms with E-state index in [-0.39, 0.29) is 0 Å². The van der Waals surface area contributed by atoms with Gasteiger partial charge in [0.15, 0.2) is 0 Å². The molecule has 0 aromatic heterocycles. The second kappa shape index (κ2) is 8.47. The van der Waals surface area contributed by atoms with Crippen LogP contribution in [0.5, 0.6) is 0 Å². The summed E-state index contributed by atoms with van der Waals surface area (Å²) in [5.41, 5.74) is 9.21. The Morgan fingerprint density at radius 3 is 2.46 bits per heavy atom. The largest absolute Gasteiger partial charge is 0.292 e. The van der Waals surface area contributed by atoms with Crippen LogP contribution < -0.4 is 0 Å². The number of rotatable bonds is 6. The minimum atomic E-state index is 0.295. The molecule has 1 aliphatic rings. The third kappa shape index (κ3) is 4.57. The number of aliphatic imine (C=N–C) groups is 1. The normalized spacial score (nSPS) is 15.4. The third-order valence-electron chi connectivity index (χ3n) is 4.27. The number of hydrogen-bond acceptors (Lipinski definition) is 1. The second-order valence-corrected chi connectivity index (χ2v) is 6.65. The average molecular weight is 317 g/mol. The fraction of sp³-hybridized carbons (Fsp3) is 0.304. The summed E-state index contributed by atoms with van der Waals surface area (Å²) in [4.78, 5) is 4.57. The second-order valence-electron chi connectivity index (χ2n) is 6.65. The lowest BCUT2D eigenvalue weighted by atomic mass is 9.82. The van der Waals surface area contributed by atoms with Crippen molar-refractivity contribution in [2.75, 3.05) is 7.05 Å². The molecule has 0 fully saturated rings. The van der Waals surface area contributed by atoms with E-state index in [0.29, 0.717) is 11.8 Å². The molecule has 0 saturated carbocycles. The van der Waals surface area contributed by atoms with E-state index in [0.717, 1.165) is 12.1 Å². The van der Waals surface area contributed by atoms with E-state index in [1.807, 2.05) is 25.3 Å². The molecule has 0 bridgehead atoms. The molecule has 1 aromatic rings. The van der Waals surface area contributed by atoms with Crippen LogP contribution in [0, 0.1) is 11.8 Å². The first-order chi connectivity index (χ1) is 11.5. The molecule has 0 saturated heterocycles. The van der Waals surface area contributed by atoms with Crippen molar-refractivity contribution in [3.63, 3.8) is 0 Å². The van der Waals surface area contributed by atoms with Crippen LogP contribution in [0.25, 0.3) is 0 Å². The van der Waals surface area contributed by atoms with Crippen molar-refractivity contribution in [3.8, 4) is 0 Å². The number of allylic oxidation sites excluding steroid dienone is 6. The van der Waals surface area contributed by atoms with Crippen LogP contribution in [0.2, 0.25) is 0 Å². The lowest BCUT2D eigenvalue weighted by molar-refractivity contribution is 0.554. The Morgan fingerprint density at radius 2 is 1.88 bits per heavy atom. The predicted octanol–water partition coefficient (Wildman–Crippen LogP) is 5.70. The van der Waals surface area contributed by atoms with Crippen molar-refractivity contribution in [3.05, 3.63) is 89.2 Å². The van der Waals surface area contributed by atoms with Crippen molar-refractivity contribution >= 4 is 5.71 Å². The molecule has 1 aliphatic carbocycles. The zero-order valence-electron chi connectivity index (χ0n) is 15.2. The first kappa shape index (κ1) is 18.0. The maximum absolute atomic E-state index is 4.57. The van der Waals surface area contributed by atoms with E-state index in [1.54, 1.807) is 0 Å². The predicted molar refractivity (Wildman–Crippen MR) is 106 cm³/mol. The summed E-state index contributed by atoms with van der Waals surface area (Å²) in [6.07, 6.45) is 11.1. The van der Waals surface area contributed by atoms with E-state index >= 15 is 0 Å². The van der Waals surface area contributed by atoms with Gasteiger partial charge in [0.1, 0.15) is 0 Å². The maximum Gasteiger partial charge on any atom is 0.0490 e. The van der Waals surface area contributed by atoms with Gasteiger partial charge >= 0.3 is 0 Å². The first-order valence-electron chi connectivity index (χ1n) is 8.52. The van der Waals surface area contributed by atoms with Crippen molar-refractivity contribution in [2.45, 2.75) is 27.2 Å². The summed E-state index contributed by atoms with van der Waals surface area (Å²) in [5, 5.41) is 0. The zero-order chi connectivity index (χ0) is 17.5. The van der Waals surface area contributed by atoms with Gasteiger partial charge in [0.05, 0.1) is 0 Å². The first-order valence-corrected chi connectivity index (χ1v) is 8.52. The van der Waals surface area contributed by atoms with Gasteiger partial charge in [-0.1, -0.05) is 68.5 Å². The highest BCUT2D eigenvalue weighted by molar-refractivity contribution is 6.03. The Morgan fingerprint density at radius 1 is 1.17 bits per heavy atom. The van der Waals surface area contributed by atoms with Crippen molar-refractivity contribution in [1.29, 1.82) is 0 Å².